The lowest BCUT2D eigenvalue weighted by atomic mass is 9.89. The minimum absolute atomic E-state index is 0.114. The summed E-state index contributed by atoms with van der Waals surface area (Å²) in [6.07, 6.45) is 0.114. The summed E-state index contributed by atoms with van der Waals surface area (Å²) in [6.45, 7) is 1.60. The normalized spacial score (nSPS) is 14.2. The molecule has 0 aliphatic heterocycles. The van der Waals surface area contributed by atoms with Gasteiger partial charge in [0.05, 0.1) is 5.60 Å². The Balaban J connectivity index is 2.27. The highest BCUT2D eigenvalue weighted by molar-refractivity contribution is 6.30. The Kier molecular flexibility index (Phi) is 3.88. The lowest BCUT2D eigenvalue weighted by Gasteiger charge is -2.24. The van der Waals surface area contributed by atoms with Gasteiger partial charge in [-0.3, -0.25) is 0 Å². The molecule has 0 heterocycles. The largest absolute Gasteiger partial charge is 0.385 e. The number of halogens is 3. The van der Waals surface area contributed by atoms with E-state index in [0.29, 0.717) is 16.1 Å². The topological polar surface area (TPSA) is 20.2 Å². The third-order valence-corrected chi connectivity index (χ3v) is 3.19. The summed E-state index contributed by atoms with van der Waals surface area (Å²) >= 11 is 5.78. The van der Waals surface area contributed by atoms with Gasteiger partial charge in [0.1, 0.15) is 11.6 Å². The molecule has 0 fully saturated rings. The number of hydrogen-bond donors (Lipinski definition) is 1. The zero-order valence-corrected chi connectivity index (χ0v) is 11.1. The molecule has 0 aliphatic carbocycles. The zero-order chi connectivity index (χ0) is 14.0. The highest BCUT2D eigenvalue weighted by Crippen LogP contribution is 2.27. The standard InChI is InChI=1S/C15H13ClF2O/c1-15(19,11-2-4-12(16)5-3-11)9-10-6-13(17)8-14(18)7-10/h2-8,19H,9H2,1H3. The van der Waals surface area contributed by atoms with Crippen LogP contribution >= 0.6 is 11.6 Å². The Hall–Kier alpha value is -1.45. The van der Waals surface area contributed by atoms with Gasteiger partial charge in [-0.1, -0.05) is 23.7 Å². The van der Waals surface area contributed by atoms with Crippen molar-refractivity contribution in [1.29, 1.82) is 0 Å². The fourth-order valence-electron chi connectivity index (χ4n) is 2.02. The Morgan fingerprint density at radius 3 is 2.11 bits per heavy atom. The molecule has 1 unspecified atom stereocenters. The van der Waals surface area contributed by atoms with Gasteiger partial charge in [-0.15, -0.1) is 0 Å². The van der Waals surface area contributed by atoms with Crippen LogP contribution in [0.5, 0.6) is 0 Å². The van der Waals surface area contributed by atoms with Crippen molar-refractivity contribution in [1.82, 2.24) is 0 Å². The van der Waals surface area contributed by atoms with Gasteiger partial charge in [0.15, 0.2) is 0 Å². The second kappa shape index (κ2) is 5.27. The molecule has 4 heteroatoms. The molecule has 1 N–H and O–H groups in total. The minimum atomic E-state index is -1.22. The average Bonchev–Trinajstić information content (AvgIpc) is 2.27. The highest BCUT2D eigenvalue weighted by atomic mass is 35.5. The Morgan fingerprint density at radius 1 is 1.05 bits per heavy atom. The minimum Gasteiger partial charge on any atom is -0.385 e. The van der Waals surface area contributed by atoms with Crippen molar-refractivity contribution >= 4 is 11.6 Å². The van der Waals surface area contributed by atoms with E-state index in [4.69, 9.17) is 11.6 Å². The SMILES string of the molecule is CC(O)(Cc1cc(F)cc(F)c1)c1ccc(Cl)cc1. The summed E-state index contributed by atoms with van der Waals surface area (Å²) in [5, 5.41) is 11.0. The first-order valence-corrected chi connectivity index (χ1v) is 6.18. The molecule has 0 aromatic heterocycles. The molecular weight excluding hydrogens is 270 g/mol. The van der Waals surface area contributed by atoms with E-state index in [2.05, 4.69) is 0 Å². The quantitative estimate of drug-likeness (QED) is 0.900. The van der Waals surface area contributed by atoms with Crippen LogP contribution in [-0.2, 0) is 12.0 Å². The average molecular weight is 283 g/mol. The van der Waals surface area contributed by atoms with Gasteiger partial charge in [0, 0.05) is 17.5 Å². The monoisotopic (exact) mass is 282 g/mol. The third-order valence-electron chi connectivity index (χ3n) is 2.94. The fraction of sp³-hybridized carbons (Fsp3) is 0.200. The first kappa shape index (κ1) is 14.0. The van der Waals surface area contributed by atoms with Gasteiger partial charge in [-0.2, -0.15) is 0 Å². The van der Waals surface area contributed by atoms with Crippen molar-refractivity contribution in [3.8, 4) is 0 Å². The lowest BCUT2D eigenvalue weighted by Crippen LogP contribution is -2.24. The summed E-state index contributed by atoms with van der Waals surface area (Å²) in [7, 11) is 0. The molecule has 0 aliphatic rings. The molecule has 2 aromatic carbocycles. The maximum Gasteiger partial charge on any atom is 0.126 e. The second-order valence-electron chi connectivity index (χ2n) is 4.74. The third kappa shape index (κ3) is 3.52. The molecular formula is C15H13ClF2O. The van der Waals surface area contributed by atoms with E-state index in [1.54, 1.807) is 31.2 Å². The van der Waals surface area contributed by atoms with Crippen LogP contribution in [0.15, 0.2) is 42.5 Å². The summed E-state index contributed by atoms with van der Waals surface area (Å²) in [5.41, 5.74) is -0.177. The predicted octanol–water partition coefficient (Wildman–Crippen LogP) is 4.07. The molecule has 0 spiro atoms. The molecule has 1 nitrogen and oxygen atoms in total. The smallest absolute Gasteiger partial charge is 0.126 e. The van der Waals surface area contributed by atoms with E-state index >= 15 is 0 Å². The van der Waals surface area contributed by atoms with E-state index in [-0.39, 0.29) is 6.42 Å². The summed E-state index contributed by atoms with van der Waals surface area (Å²) in [4.78, 5) is 0. The van der Waals surface area contributed by atoms with Crippen LogP contribution in [0.1, 0.15) is 18.1 Å². The first-order valence-electron chi connectivity index (χ1n) is 5.80. The van der Waals surface area contributed by atoms with E-state index in [1.807, 2.05) is 0 Å². The van der Waals surface area contributed by atoms with Crippen molar-refractivity contribution in [2.24, 2.45) is 0 Å². The second-order valence-corrected chi connectivity index (χ2v) is 5.17. The number of aliphatic hydroxyl groups is 1. The van der Waals surface area contributed by atoms with Crippen LogP contribution in [-0.4, -0.2) is 5.11 Å². The van der Waals surface area contributed by atoms with Gasteiger partial charge in [0.25, 0.3) is 0 Å². The molecule has 0 radical (unpaired) electrons. The van der Waals surface area contributed by atoms with Gasteiger partial charge >= 0.3 is 0 Å². The maximum absolute atomic E-state index is 13.1. The van der Waals surface area contributed by atoms with Crippen LogP contribution in [0, 0.1) is 11.6 Å². The summed E-state index contributed by atoms with van der Waals surface area (Å²) in [6, 6.07) is 9.95. The number of benzene rings is 2. The van der Waals surface area contributed by atoms with Crippen molar-refractivity contribution in [2.75, 3.05) is 0 Å². The van der Waals surface area contributed by atoms with Gasteiger partial charge in [-0.05, 0) is 42.3 Å². The number of rotatable bonds is 3. The molecule has 2 rings (SSSR count). The Morgan fingerprint density at radius 2 is 1.58 bits per heavy atom. The van der Waals surface area contributed by atoms with E-state index < -0.39 is 17.2 Å². The van der Waals surface area contributed by atoms with Gasteiger partial charge < -0.3 is 5.11 Å². The molecule has 1 atom stereocenters. The van der Waals surface area contributed by atoms with Crippen LogP contribution in [0.4, 0.5) is 8.78 Å². The van der Waals surface area contributed by atoms with Crippen molar-refractivity contribution < 1.29 is 13.9 Å². The van der Waals surface area contributed by atoms with Gasteiger partial charge in [-0.25, -0.2) is 8.78 Å². The fourth-order valence-corrected chi connectivity index (χ4v) is 2.15. The number of hydrogen-bond acceptors (Lipinski definition) is 1. The molecule has 19 heavy (non-hydrogen) atoms. The Labute approximate surface area is 115 Å². The molecule has 2 aromatic rings. The highest BCUT2D eigenvalue weighted by Gasteiger charge is 2.24. The van der Waals surface area contributed by atoms with E-state index in [1.165, 1.54) is 12.1 Å². The maximum atomic E-state index is 13.1. The zero-order valence-electron chi connectivity index (χ0n) is 10.3. The Bertz CT molecular complexity index is 559. The molecule has 100 valence electrons. The first-order chi connectivity index (χ1) is 8.87. The van der Waals surface area contributed by atoms with Crippen LogP contribution in [0.25, 0.3) is 0 Å². The predicted molar refractivity (Wildman–Crippen MR) is 71.1 cm³/mol. The van der Waals surface area contributed by atoms with E-state index in [9.17, 15) is 13.9 Å². The van der Waals surface area contributed by atoms with Crippen molar-refractivity contribution in [3.05, 3.63) is 70.2 Å². The van der Waals surface area contributed by atoms with Crippen molar-refractivity contribution in [2.45, 2.75) is 18.9 Å². The van der Waals surface area contributed by atoms with Crippen LogP contribution < -0.4 is 0 Å². The van der Waals surface area contributed by atoms with Crippen LogP contribution in [0.3, 0.4) is 0 Å². The van der Waals surface area contributed by atoms with Crippen LogP contribution in [0.2, 0.25) is 5.02 Å². The van der Waals surface area contributed by atoms with Crippen molar-refractivity contribution in [3.63, 3.8) is 0 Å². The molecule has 0 amide bonds. The molecule has 0 bridgehead atoms. The van der Waals surface area contributed by atoms with Gasteiger partial charge in [0.2, 0.25) is 0 Å². The summed E-state index contributed by atoms with van der Waals surface area (Å²) < 4.78 is 26.2. The lowest BCUT2D eigenvalue weighted by molar-refractivity contribution is 0.0575. The molecule has 0 saturated carbocycles. The summed E-state index contributed by atoms with van der Waals surface area (Å²) in [5.74, 6) is -1.30. The molecule has 0 saturated heterocycles. The van der Waals surface area contributed by atoms with E-state index in [0.717, 1.165) is 6.07 Å².